The number of carbonyl (C=O) groups excluding carboxylic acids is 1. The number of halogens is 1. The van der Waals surface area contributed by atoms with Crippen molar-refractivity contribution in [3.8, 4) is 0 Å². The van der Waals surface area contributed by atoms with Crippen LogP contribution in [0.15, 0.2) is 77.3 Å². The minimum atomic E-state index is -0.252. The Balaban J connectivity index is 1.85. The highest BCUT2D eigenvalue weighted by Crippen LogP contribution is 2.36. The van der Waals surface area contributed by atoms with Gasteiger partial charge in [-0.05, 0) is 48.9 Å². The van der Waals surface area contributed by atoms with E-state index in [1.54, 1.807) is 0 Å². The fourth-order valence-electron chi connectivity index (χ4n) is 3.10. The maximum absolute atomic E-state index is 13.2. The molecule has 1 N–H and O–H groups in total. The van der Waals surface area contributed by atoms with Crippen molar-refractivity contribution in [1.29, 1.82) is 0 Å². The number of benzene rings is 3. The van der Waals surface area contributed by atoms with Crippen molar-refractivity contribution in [2.24, 2.45) is 0 Å². The van der Waals surface area contributed by atoms with Crippen molar-refractivity contribution in [3.63, 3.8) is 0 Å². The monoisotopic (exact) mass is 392 g/mol. The number of rotatable bonds is 2. The summed E-state index contributed by atoms with van der Waals surface area (Å²) in [6.45, 7) is 2.04. The summed E-state index contributed by atoms with van der Waals surface area (Å²) in [6.07, 6.45) is -0.252. The van der Waals surface area contributed by atoms with E-state index < -0.39 is 0 Å². The van der Waals surface area contributed by atoms with Crippen LogP contribution >= 0.6 is 15.9 Å². The molecule has 3 aromatic carbocycles. The van der Waals surface area contributed by atoms with E-state index in [-0.39, 0.29) is 12.1 Å². The number of aryl methyl sites for hydroxylation is 1. The molecule has 1 unspecified atom stereocenters. The quantitative estimate of drug-likeness (QED) is 0.621. The van der Waals surface area contributed by atoms with Crippen molar-refractivity contribution in [1.82, 2.24) is 0 Å². The smallest absolute Gasteiger partial charge is 0.262 e. The molecule has 0 bridgehead atoms. The van der Waals surface area contributed by atoms with Gasteiger partial charge in [-0.2, -0.15) is 0 Å². The van der Waals surface area contributed by atoms with Gasteiger partial charge in [-0.25, -0.2) is 0 Å². The van der Waals surface area contributed by atoms with E-state index in [0.29, 0.717) is 5.56 Å². The Bertz CT molecular complexity index is 919. The standard InChI is InChI=1S/C21H17BrN2O/c1-14-6-12-17(13-7-14)24-20(15-8-10-16(22)11-9-15)23-19-5-3-2-4-18(19)21(24)25/h2-13,20,23H,1H3. The van der Waals surface area contributed by atoms with E-state index in [9.17, 15) is 4.79 Å². The minimum absolute atomic E-state index is 0.00567. The van der Waals surface area contributed by atoms with Gasteiger partial charge in [0.2, 0.25) is 0 Å². The molecule has 4 heteroatoms. The van der Waals surface area contributed by atoms with Crippen molar-refractivity contribution in [2.75, 3.05) is 10.2 Å². The predicted molar refractivity (Wildman–Crippen MR) is 105 cm³/mol. The van der Waals surface area contributed by atoms with Crippen LogP contribution in [-0.4, -0.2) is 5.91 Å². The molecular weight excluding hydrogens is 376 g/mol. The summed E-state index contributed by atoms with van der Waals surface area (Å²) in [6, 6.07) is 23.8. The fraction of sp³-hybridized carbons (Fsp3) is 0.0952. The van der Waals surface area contributed by atoms with E-state index in [1.807, 2.05) is 84.6 Å². The van der Waals surface area contributed by atoms with Crippen LogP contribution in [0.25, 0.3) is 0 Å². The van der Waals surface area contributed by atoms with Gasteiger partial charge < -0.3 is 5.32 Å². The second-order valence-electron chi connectivity index (χ2n) is 6.15. The van der Waals surface area contributed by atoms with Crippen molar-refractivity contribution in [3.05, 3.63) is 94.0 Å². The molecule has 0 aromatic heterocycles. The van der Waals surface area contributed by atoms with Gasteiger partial charge in [0.1, 0.15) is 6.17 Å². The van der Waals surface area contributed by atoms with Crippen molar-refractivity contribution in [2.45, 2.75) is 13.1 Å². The molecule has 1 heterocycles. The number of fused-ring (bicyclic) bond motifs is 1. The molecule has 0 aliphatic carbocycles. The first kappa shape index (κ1) is 15.9. The summed E-state index contributed by atoms with van der Waals surface area (Å²) in [5, 5.41) is 3.52. The number of nitrogens with zero attached hydrogens (tertiary/aromatic N) is 1. The molecule has 124 valence electrons. The highest BCUT2D eigenvalue weighted by molar-refractivity contribution is 9.10. The summed E-state index contributed by atoms with van der Waals surface area (Å²) in [5.41, 5.74) is 4.64. The third kappa shape index (κ3) is 2.94. The molecule has 1 aliphatic heterocycles. The largest absolute Gasteiger partial charge is 0.360 e. The molecule has 0 saturated heterocycles. The van der Waals surface area contributed by atoms with E-state index in [2.05, 4.69) is 21.2 Å². The fourth-order valence-corrected chi connectivity index (χ4v) is 3.37. The molecule has 3 nitrogen and oxygen atoms in total. The van der Waals surface area contributed by atoms with Crippen LogP contribution in [-0.2, 0) is 0 Å². The minimum Gasteiger partial charge on any atom is -0.360 e. The van der Waals surface area contributed by atoms with E-state index in [4.69, 9.17) is 0 Å². The second kappa shape index (κ2) is 6.37. The van der Waals surface area contributed by atoms with Crippen LogP contribution in [0.3, 0.4) is 0 Å². The Morgan fingerprint density at radius 2 is 1.60 bits per heavy atom. The molecule has 1 amide bonds. The molecular formula is C21H17BrN2O. The molecule has 0 spiro atoms. The van der Waals surface area contributed by atoms with Gasteiger partial charge in [0, 0.05) is 15.8 Å². The zero-order valence-electron chi connectivity index (χ0n) is 13.7. The summed E-state index contributed by atoms with van der Waals surface area (Å²) in [4.78, 5) is 15.1. The van der Waals surface area contributed by atoms with Gasteiger partial charge in [-0.1, -0.05) is 57.9 Å². The lowest BCUT2D eigenvalue weighted by Gasteiger charge is -2.38. The summed E-state index contributed by atoms with van der Waals surface area (Å²) >= 11 is 3.47. The lowest BCUT2D eigenvalue weighted by molar-refractivity contribution is 0.0975. The Labute approximate surface area is 155 Å². The average molecular weight is 393 g/mol. The van der Waals surface area contributed by atoms with Crippen LogP contribution in [0.4, 0.5) is 11.4 Å². The maximum Gasteiger partial charge on any atom is 0.262 e. The Morgan fingerprint density at radius 1 is 0.920 bits per heavy atom. The van der Waals surface area contributed by atoms with Crippen molar-refractivity contribution >= 4 is 33.2 Å². The number of para-hydroxylation sites is 1. The Kier molecular flexibility index (Phi) is 4.06. The first-order chi connectivity index (χ1) is 12.1. The third-order valence-corrected chi connectivity index (χ3v) is 4.95. The first-order valence-corrected chi connectivity index (χ1v) is 8.94. The van der Waals surface area contributed by atoms with Gasteiger partial charge in [0.15, 0.2) is 0 Å². The lowest BCUT2D eigenvalue weighted by Crippen LogP contribution is -2.43. The highest BCUT2D eigenvalue weighted by Gasteiger charge is 2.33. The highest BCUT2D eigenvalue weighted by atomic mass is 79.9. The summed E-state index contributed by atoms with van der Waals surface area (Å²) in [7, 11) is 0. The number of carbonyl (C=O) groups is 1. The van der Waals surface area contributed by atoms with Gasteiger partial charge in [0.05, 0.1) is 5.56 Å². The normalized spacial score (nSPS) is 16.3. The molecule has 0 radical (unpaired) electrons. The lowest BCUT2D eigenvalue weighted by atomic mass is 10.0. The van der Waals surface area contributed by atoms with Gasteiger partial charge >= 0.3 is 0 Å². The molecule has 1 aliphatic rings. The molecule has 4 rings (SSSR count). The summed E-state index contributed by atoms with van der Waals surface area (Å²) < 4.78 is 1.01. The number of hydrogen-bond donors (Lipinski definition) is 1. The molecule has 0 saturated carbocycles. The number of nitrogens with one attached hydrogen (secondary N) is 1. The maximum atomic E-state index is 13.2. The average Bonchev–Trinajstić information content (AvgIpc) is 2.63. The number of amides is 1. The van der Waals surface area contributed by atoms with Crippen LogP contribution in [0, 0.1) is 6.92 Å². The topological polar surface area (TPSA) is 32.3 Å². The van der Waals surface area contributed by atoms with Crippen LogP contribution in [0.1, 0.15) is 27.7 Å². The summed E-state index contributed by atoms with van der Waals surface area (Å²) in [5.74, 6) is 0.00567. The molecule has 1 atom stereocenters. The predicted octanol–water partition coefficient (Wildman–Crippen LogP) is 5.53. The second-order valence-corrected chi connectivity index (χ2v) is 7.07. The van der Waals surface area contributed by atoms with Crippen LogP contribution in [0.2, 0.25) is 0 Å². The van der Waals surface area contributed by atoms with E-state index in [0.717, 1.165) is 21.4 Å². The van der Waals surface area contributed by atoms with Crippen molar-refractivity contribution < 1.29 is 4.79 Å². The van der Waals surface area contributed by atoms with Gasteiger partial charge in [0.25, 0.3) is 5.91 Å². The zero-order valence-corrected chi connectivity index (χ0v) is 15.3. The number of hydrogen-bond acceptors (Lipinski definition) is 2. The molecule has 3 aromatic rings. The van der Waals surface area contributed by atoms with Gasteiger partial charge in [-0.3, -0.25) is 9.69 Å². The third-order valence-electron chi connectivity index (χ3n) is 4.42. The Hall–Kier alpha value is -2.59. The molecule has 25 heavy (non-hydrogen) atoms. The van der Waals surface area contributed by atoms with Gasteiger partial charge in [-0.15, -0.1) is 0 Å². The van der Waals surface area contributed by atoms with E-state index in [1.165, 1.54) is 5.56 Å². The van der Waals surface area contributed by atoms with Crippen LogP contribution < -0.4 is 10.2 Å². The van der Waals surface area contributed by atoms with Crippen LogP contribution in [0.5, 0.6) is 0 Å². The first-order valence-electron chi connectivity index (χ1n) is 8.15. The number of anilines is 2. The van der Waals surface area contributed by atoms with E-state index >= 15 is 0 Å². The SMILES string of the molecule is Cc1ccc(N2C(=O)c3ccccc3NC2c2ccc(Br)cc2)cc1. The molecule has 0 fully saturated rings. The Morgan fingerprint density at radius 3 is 2.32 bits per heavy atom. The zero-order chi connectivity index (χ0) is 17.4.